The number of pyridine rings is 1. The maximum atomic E-state index is 12.6. The van der Waals surface area contributed by atoms with Gasteiger partial charge in [-0.25, -0.2) is 9.78 Å². The summed E-state index contributed by atoms with van der Waals surface area (Å²) in [5, 5.41) is 9.04. The minimum atomic E-state index is -1.05. The van der Waals surface area contributed by atoms with Gasteiger partial charge < -0.3 is 19.5 Å². The average molecular weight is 334 g/mol. The highest BCUT2D eigenvalue weighted by Crippen LogP contribution is 2.23. The molecule has 1 saturated carbocycles. The van der Waals surface area contributed by atoms with Crippen molar-refractivity contribution in [2.75, 3.05) is 19.7 Å². The van der Waals surface area contributed by atoms with Crippen LogP contribution in [0.2, 0.25) is 0 Å². The van der Waals surface area contributed by atoms with Crippen LogP contribution in [-0.2, 0) is 9.53 Å². The van der Waals surface area contributed by atoms with Crippen LogP contribution in [0.4, 0.5) is 0 Å². The van der Waals surface area contributed by atoms with Crippen molar-refractivity contribution in [3.63, 3.8) is 0 Å². The molecule has 0 radical (unpaired) electrons. The van der Waals surface area contributed by atoms with Gasteiger partial charge in [0.2, 0.25) is 5.88 Å². The number of nitrogens with zero attached hydrogens (tertiary/aromatic N) is 2. The first-order valence-electron chi connectivity index (χ1n) is 8.40. The van der Waals surface area contributed by atoms with E-state index in [1.807, 2.05) is 0 Å². The monoisotopic (exact) mass is 334 g/mol. The molecule has 1 aromatic rings. The van der Waals surface area contributed by atoms with Gasteiger partial charge >= 0.3 is 5.97 Å². The Morgan fingerprint density at radius 1 is 1.29 bits per heavy atom. The van der Waals surface area contributed by atoms with Gasteiger partial charge in [0, 0.05) is 24.4 Å². The van der Waals surface area contributed by atoms with Crippen LogP contribution in [0.15, 0.2) is 18.3 Å². The largest absolute Gasteiger partial charge is 0.479 e. The van der Waals surface area contributed by atoms with Crippen LogP contribution < -0.4 is 4.74 Å². The Morgan fingerprint density at radius 3 is 2.83 bits per heavy atom. The molecule has 7 nitrogen and oxygen atoms in total. The summed E-state index contributed by atoms with van der Waals surface area (Å²) in [6.45, 7) is 0.651. The van der Waals surface area contributed by atoms with E-state index in [-0.39, 0.29) is 25.2 Å². The van der Waals surface area contributed by atoms with Gasteiger partial charge in [-0.2, -0.15) is 0 Å². The minimum absolute atomic E-state index is 0.0509. The van der Waals surface area contributed by atoms with Gasteiger partial charge in [-0.05, 0) is 31.7 Å². The molecule has 1 N–H and O–H groups in total. The first kappa shape index (κ1) is 16.7. The van der Waals surface area contributed by atoms with Crippen molar-refractivity contribution in [2.24, 2.45) is 0 Å². The fraction of sp³-hybridized carbons (Fsp3) is 0.588. The number of rotatable bonds is 4. The number of carbonyl (C=O) groups excluding carboxylic acids is 1. The van der Waals surface area contributed by atoms with Crippen LogP contribution in [0.25, 0.3) is 0 Å². The van der Waals surface area contributed by atoms with E-state index in [0.29, 0.717) is 18.0 Å². The van der Waals surface area contributed by atoms with Crippen molar-refractivity contribution in [1.82, 2.24) is 9.88 Å². The predicted octanol–water partition coefficient (Wildman–Crippen LogP) is 1.72. The van der Waals surface area contributed by atoms with E-state index in [1.165, 1.54) is 11.3 Å². The standard InChI is InChI=1S/C17H22N2O5/c20-16(19-8-9-23-14(11-19)17(21)22)12-6-7-18-15(10-12)24-13-4-2-1-3-5-13/h6-7,10,13-14H,1-5,8-9,11H2,(H,21,22). The zero-order chi connectivity index (χ0) is 16.9. The Labute approximate surface area is 140 Å². The molecule has 1 saturated heterocycles. The van der Waals surface area contributed by atoms with Gasteiger partial charge in [0.05, 0.1) is 13.2 Å². The summed E-state index contributed by atoms with van der Waals surface area (Å²) < 4.78 is 11.0. The second-order valence-electron chi connectivity index (χ2n) is 6.21. The molecule has 7 heteroatoms. The number of carbonyl (C=O) groups is 2. The molecule has 2 heterocycles. The molecule has 1 aromatic heterocycles. The highest BCUT2D eigenvalue weighted by molar-refractivity contribution is 5.94. The molecule has 1 amide bonds. The molecular formula is C17H22N2O5. The van der Waals surface area contributed by atoms with Gasteiger partial charge in [-0.15, -0.1) is 0 Å². The van der Waals surface area contributed by atoms with Crippen LogP contribution in [0.1, 0.15) is 42.5 Å². The van der Waals surface area contributed by atoms with E-state index in [2.05, 4.69) is 4.98 Å². The van der Waals surface area contributed by atoms with E-state index >= 15 is 0 Å². The lowest BCUT2D eigenvalue weighted by Crippen LogP contribution is -2.48. The zero-order valence-electron chi connectivity index (χ0n) is 13.5. The van der Waals surface area contributed by atoms with Gasteiger partial charge in [-0.1, -0.05) is 6.42 Å². The SMILES string of the molecule is O=C(O)C1CN(C(=O)c2ccnc(OC3CCCCC3)c2)CCO1. The van der Waals surface area contributed by atoms with Gasteiger partial charge in [0.15, 0.2) is 6.10 Å². The Bertz CT molecular complexity index is 600. The summed E-state index contributed by atoms with van der Waals surface area (Å²) in [5.41, 5.74) is 0.460. The lowest BCUT2D eigenvalue weighted by Gasteiger charge is -2.31. The third-order valence-corrected chi connectivity index (χ3v) is 4.45. The van der Waals surface area contributed by atoms with Crippen molar-refractivity contribution >= 4 is 11.9 Å². The maximum absolute atomic E-state index is 12.6. The summed E-state index contributed by atoms with van der Waals surface area (Å²) in [4.78, 5) is 29.3. The number of hydrogen-bond acceptors (Lipinski definition) is 5. The molecule has 24 heavy (non-hydrogen) atoms. The van der Waals surface area contributed by atoms with Crippen LogP contribution in [0.5, 0.6) is 5.88 Å². The third-order valence-electron chi connectivity index (χ3n) is 4.45. The quantitative estimate of drug-likeness (QED) is 0.902. The topological polar surface area (TPSA) is 89.0 Å². The van der Waals surface area contributed by atoms with Gasteiger partial charge in [0.25, 0.3) is 5.91 Å². The molecule has 0 spiro atoms. The van der Waals surface area contributed by atoms with Crippen LogP contribution >= 0.6 is 0 Å². The molecule has 3 rings (SSSR count). The van der Waals surface area contributed by atoms with Crippen LogP contribution in [0.3, 0.4) is 0 Å². The Kier molecular flexibility index (Phi) is 5.30. The number of aliphatic carboxylic acids is 1. The Hall–Kier alpha value is -2.15. The predicted molar refractivity (Wildman–Crippen MR) is 85.0 cm³/mol. The summed E-state index contributed by atoms with van der Waals surface area (Å²) in [6.07, 6.45) is 6.35. The van der Waals surface area contributed by atoms with Crippen LogP contribution in [-0.4, -0.2) is 58.8 Å². The van der Waals surface area contributed by atoms with Crippen molar-refractivity contribution in [3.05, 3.63) is 23.9 Å². The molecule has 2 aliphatic rings. The zero-order valence-corrected chi connectivity index (χ0v) is 13.5. The number of hydrogen-bond donors (Lipinski definition) is 1. The molecule has 130 valence electrons. The third kappa shape index (κ3) is 4.03. The molecule has 1 unspecified atom stereocenters. The summed E-state index contributed by atoms with van der Waals surface area (Å²) in [6, 6.07) is 3.27. The number of aromatic nitrogens is 1. The average Bonchev–Trinajstić information content (AvgIpc) is 2.62. The Morgan fingerprint density at radius 2 is 2.08 bits per heavy atom. The summed E-state index contributed by atoms with van der Waals surface area (Å²) >= 11 is 0. The fourth-order valence-corrected chi connectivity index (χ4v) is 3.13. The second kappa shape index (κ2) is 7.61. The number of ether oxygens (including phenoxy) is 2. The van der Waals surface area contributed by atoms with Gasteiger partial charge in [-0.3, -0.25) is 4.79 Å². The molecule has 1 aliphatic heterocycles. The van der Waals surface area contributed by atoms with Crippen molar-refractivity contribution in [1.29, 1.82) is 0 Å². The first-order chi connectivity index (χ1) is 11.6. The normalized spacial score (nSPS) is 22.2. The minimum Gasteiger partial charge on any atom is -0.479 e. The number of carboxylic acids is 1. The van der Waals surface area contributed by atoms with E-state index in [4.69, 9.17) is 14.6 Å². The van der Waals surface area contributed by atoms with E-state index < -0.39 is 12.1 Å². The summed E-state index contributed by atoms with van der Waals surface area (Å²) in [5.74, 6) is -0.820. The lowest BCUT2D eigenvalue weighted by molar-refractivity contribution is -0.154. The van der Waals surface area contributed by atoms with Crippen LogP contribution in [0, 0.1) is 0 Å². The van der Waals surface area contributed by atoms with Gasteiger partial charge in [0.1, 0.15) is 6.10 Å². The Balaban J connectivity index is 1.66. The highest BCUT2D eigenvalue weighted by Gasteiger charge is 2.29. The number of amides is 1. The van der Waals surface area contributed by atoms with Crippen molar-refractivity contribution in [2.45, 2.75) is 44.3 Å². The summed E-state index contributed by atoms with van der Waals surface area (Å²) in [7, 11) is 0. The smallest absolute Gasteiger partial charge is 0.334 e. The van der Waals surface area contributed by atoms with E-state index in [9.17, 15) is 9.59 Å². The molecule has 1 aliphatic carbocycles. The molecule has 0 aromatic carbocycles. The second-order valence-corrected chi connectivity index (χ2v) is 6.21. The molecule has 2 fully saturated rings. The van der Waals surface area contributed by atoms with Crippen molar-refractivity contribution in [3.8, 4) is 5.88 Å². The van der Waals surface area contributed by atoms with E-state index in [0.717, 1.165) is 25.7 Å². The maximum Gasteiger partial charge on any atom is 0.334 e. The first-order valence-corrected chi connectivity index (χ1v) is 8.40. The molecule has 1 atom stereocenters. The highest BCUT2D eigenvalue weighted by atomic mass is 16.5. The molecular weight excluding hydrogens is 312 g/mol. The number of morpholine rings is 1. The fourth-order valence-electron chi connectivity index (χ4n) is 3.13. The lowest BCUT2D eigenvalue weighted by atomic mass is 9.98. The number of carboxylic acid groups (broad SMARTS) is 1. The van der Waals surface area contributed by atoms with Crippen molar-refractivity contribution < 1.29 is 24.2 Å². The molecule has 0 bridgehead atoms. The van der Waals surface area contributed by atoms with E-state index in [1.54, 1.807) is 18.3 Å².